The molecule has 0 saturated carbocycles. The van der Waals surface area contributed by atoms with Crippen molar-refractivity contribution in [1.29, 1.82) is 0 Å². The molecule has 3 N–H and O–H groups in total. The summed E-state index contributed by atoms with van der Waals surface area (Å²) in [5.41, 5.74) is -3.67. The van der Waals surface area contributed by atoms with E-state index in [0.29, 0.717) is 17.1 Å². The van der Waals surface area contributed by atoms with Gasteiger partial charge in [-0.25, -0.2) is 17.9 Å². The molecule has 34 heavy (non-hydrogen) atoms. The van der Waals surface area contributed by atoms with Crippen LogP contribution in [-0.4, -0.2) is 29.3 Å². The molecule has 0 spiro atoms. The molecule has 0 aliphatic heterocycles. The summed E-state index contributed by atoms with van der Waals surface area (Å²) in [5, 5.41) is 13.8. The van der Waals surface area contributed by atoms with E-state index in [1.54, 1.807) is 0 Å². The first kappa shape index (κ1) is 25.1. The van der Waals surface area contributed by atoms with Crippen molar-refractivity contribution in [2.24, 2.45) is 5.14 Å². The third-order valence-electron chi connectivity index (χ3n) is 4.28. The van der Waals surface area contributed by atoms with Gasteiger partial charge in [0.1, 0.15) is 16.4 Å². The molecule has 1 amide bonds. The lowest BCUT2D eigenvalue weighted by atomic mass is 10.1. The fraction of sp³-hybridized carbons (Fsp3) is 0.167. The number of sulfonamides is 1. The fourth-order valence-electron chi connectivity index (χ4n) is 2.74. The molecule has 1 aromatic heterocycles. The van der Waals surface area contributed by atoms with Crippen LogP contribution in [0.4, 0.5) is 36.4 Å². The second kappa shape index (κ2) is 8.68. The number of carbonyl (C=O) groups excluding carboxylic acids is 1. The van der Waals surface area contributed by atoms with Gasteiger partial charge in [-0.2, -0.15) is 31.4 Å². The number of nitrogens with two attached hydrogens (primary N) is 1. The van der Waals surface area contributed by atoms with E-state index < -0.39 is 62.4 Å². The molecule has 0 atom stereocenters. The van der Waals surface area contributed by atoms with Crippen LogP contribution in [0.5, 0.6) is 0 Å². The van der Waals surface area contributed by atoms with Crippen molar-refractivity contribution in [2.45, 2.75) is 23.7 Å². The minimum atomic E-state index is -4.85. The standard InChI is InChI=1S/C18H12F7N5O3S/c19-12-6-10(17(20,21)22)2-1-9(12)5-16(31)28-11-3-4-13(14(7-11)34(26,32)33)30-27-8-15(29-30)18(23,24)25/h1-4,6-8H,5H2,(H,28,31)(H2,26,32,33). The summed E-state index contributed by atoms with van der Waals surface area (Å²) in [6.45, 7) is 0. The minimum absolute atomic E-state index is 0.201. The van der Waals surface area contributed by atoms with E-state index in [1.165, 1.54) is 0 Å². The van der Waals surface area contributed by atoms with Gasteiger partial charge < -0.3 is 5.32 Å². The zero-order valence-electron chi connectivity index (χ0n) is 16.4. The van der Waals surface area contributed by atoms with Gasteiger partial charge in [0, 0.05) is 5.69 Å². The highest BCUT2D eigenvalue weighted by Gasteiger charge is 2.35. The van der Waals surface area contributed by atoms with E-state index in [9.17, 15) is 43.9 Å². The smallest absolute Gasteiger partial charge is 0.326 e. The summed E-state index contributed by atoms with van der Waals surface area (Å²) < 4.78 is 114. The Kier molecular flexibility index (Phi) is 6.41. The number of rotatable bonds is 5. The number of nitrogens with one attached hydrogen (secondary N) is 1. The van der Waals surface area contributed by atoms with Crippen molar-refractivity contribution in [2.75, 3.05) is 5.32 Å². The van der Waals surface area contributed by atoms with E-state index in [2.05, 4.69) is 15.5 Å². The predicted octanol–water partition coefficient (Wildman–Crippen LogP) is 3.27. The number of hydrogen-bond acceptors (Lipinski definition) is 5. The first-order valence-corrected chi connectivity index (χ1v) is 10.4. The Balaban J connectivity index is 1.86. The lowest BCUT2D eigenvalue weighted by Gasteiger charge is -2.12. The van der Waals surface area contributed by atoms with E-state index in [0.717, 1.165) is 24.3 Å². The Morgan fingerprint density at radius 1 is 1.03 bits per heavy atom. The molecule has 8 nitrogen and oxygen atoms in total. The molecule has 0 bridgehead atoms. The van der Waals surface area contributed by atoms with Gasteiger partial charge in [-0.1, -0.05) is 6.07 Å². The van der Waals surface area contributed by atoms with Crippen LogP contribution < -0.4 is 10.5 Å². The van der Waals surface area contributed by atoms with Crippen LogP contribution in [-0.2, 0) is 33.6 Å². The molecule has 182 valence electrons. The number of aromatic nitrogens is 3. The largest absolute Gasteiger partial charge is 0.436 e. The highest BCUT2D eigenvalue weighted by Crippen LogP contribution is 2.31. The SMILES string of the molecule is NS(=O)(=O)c1cc(NC(=O)Cc2ccc(C(F)(F)F)cc2F)ccc1-n1ncc(C(F)(F)F)n1. The average Bonchev–Trinajstić information content (AvgIpc) is 3.18. The van der Waals surface area contributed by atoms with Crippen LogP contribution in [0.2, 0.25) is 0 Å². The maximum Gasteiger partial charge on any atom is 0.436 e. The number of alkyl halides is 6. The fourth-order valence-corrected chi connectivity index (χ4v) is 3.47. The van der Waals surface area contributed by atoms with Crippen LogP contribution in [0.1, 0.15) is 16.8 Å². The Hall–Kier alpha value is -3.53. The molecular weight excluding hydrogens is 499 g/mol. The molecule has 0 radical (unpaired) electrons. The Morgan fingerprint density at radius 2 is 1.71 bits per heavy atom. The molecule has 1 heterocycles. The quantitative estimate of drug-likeness (QED) is 0.510. The van der Waals surface area contributed by atoms with E-state index >= 15 is 0 Å². The van der Waals surface area contributed by atoms with E-state index in [-0.39, 0.29) is 17.3 Å². The highest BCUT2D eigenvalue weighted by atomic mass is 32.2. The van der Waals surface area contributed by atoms with Gasteiger partial charge in [-0.05, 0) is 35.9 Å². The van der Waals surface area contributed by atoms with Gasteiger partial charge in [0.25, 0.3) is 0 Å². The zero-order valence-corrected chi connectivity index (χ0v) is 17.3. The molecule has 16 heteroatoms. The van der Waals surface area contributed by atoms with E-state index in [1.807, 2.05) is 0 Å². The Morgan fingerprint density at radius 3 is 2.24 bits per heavy atom. The van der Waals surface area contributed by atoms with Crippen molar-refractivity contribution < 1.29 is 43.9 Å². The topological polar surface area (TPSA) is 120 Å². The molecule has 0 unspecified atom stereocenters. The third kappa shape index (κ3) is 5.69. The Labute approximate surface area is 186 Å². The van der Waals surface area contributed by atoms with Crippen molar-refractivity contribution in [3.63, 3.8) is 0 Å². The highest BCUT2D eigenvalue weighted by molar-refractivity contribution is 7.89. The molecule has 3 rings (SSSR count). The molecule has 0 aliphatic rings. The van der Waals surface area contributed by atoms with Crippen molar-refractivity contribution in [3.05, 3.63) is 65.2 Å². The summed E-state index contributed by atoms with van der Waals surface area (Å²) in [4.78, 5) is 11.9. The van der Waals surface area contributed by atoms with Crippen molar-refractivity contribution in [1.82, 2.24) is 15.0 Å². The summed E-state index contributed by atoms with van der Waals surface area (Å²) in [6.07, 6.45) is -9.97. The van der Waals surface area contributed by atoms with Gasteiger partial charge in [0.2, 0.25) is 15.9 Å². The van der Waals surface area contributed by atoms with E-state index in [4.69, 9.17) is 5.14 Å². The number of hydrogen-bond donors (Lipinski definition) is 2. The molecular formula is C18H12F7N5O3S. The molecule has 0 aliphatic carbocycles. The number of halogens is 7. The van der Waals surface area contributed by atoms with Crippen LogP contribution in [0.3, 0.4) is 0 Å². The minimum Gasteiger partial charge on any atom is -0.326 e. The molecule has 0 saturated heterocycles. The number of primary sulfonamides is 1. The number of nitrogens with zero attached hydrogens (tertiary/aromatic N) is 3. The summed E-state index contributed by atoms with van der Waals surface area (Å²) in [5.74, 6) is -2.21. The van der Waals surface area contributed by atoms with Crippen molar-refractivity contribution in [3.8, 4) is 5.69 Å². The molecule has 2 aromatic carbocycles. The molecule has 3 aromatic rings. The predicted molar refractivity (Wildman–Crippen MR) is 101 cm³/mol. The average molecular weight is 511 g/mol. The Bertz CT molecular complexity index is 1350. The van der Waals surface area contributed by atoms with Gasteiger partial charge in [-0.3, -0.25) is 4.79 Å². The summed E-state index contributed by atoms with van der Waals surface area (Å²) in [7, 11) is -4.55. The number of carbonyl (C=O) groups is 1. The number of amides is 1. The first-order valence-electron chi connectivity index (χ1n) is 8.88. The van der Waals surface area contributed by atoms with Gasteiger partial charge in [0.05, 0.1) is 18.2 Å². The first-order chi connectivity index (χ1) is 15.6. The summed E-state index contributed by atoms with van der Waals surface area (Å²) in [6, 6.07) is 4.45. The zero-order chi connectivity index (χ0) is 25.5. The van der Waals surface area contributed by atoms with Gasteiger partial charge >= 0.3 is 12.4 Å². The third-order valence-corrected chi connectivity index (χ3v) is 5.22. The van der Waals surface area contributed by atoms with Crippen LogP contribution >= 0.6 is 0 Å². The van der Waals surface area contributed by atoms with Crippen LogP contribution in [0.25, 0.3) is 5.69 Å². The van der Waals surface area contributed by atoms with Crippen molar-refractivity contribution >= 4 is 21.6 Å². The molecule has 0 fully saturated rings. The normalized spacial score (nSPS) is 12.6. The lowest BCUT2D eigenvalue weighted by Crippen LogP contribution is -2.19. The number of benzene rings is 2. The van der Waals surface area contributed by atoms with Crippen LogP contribution in [0.15, 0.2) is 47.5 Å². The second-order valence-electron chi connectivity index (χ2n) is 6.77. The second-order valence-corrected chi connectivity index (χ2v) is 8.30. The van der Waals surface area contributed by atoms with Gasteiger partial charge in [0.15, 0.2) is 5.69 Å². The monoisotopic (exact) mass is 511 g/mol. The van der Waals surface area contributed by atoms with Crippen LogP contribution in [0, 0.1) is 5.82 Å². The van der Waals surface area contributed by atoms with Gasteiger partial charge in [-0.15, -0.1) is 9.90 Å². The maximum absolute atomic E-state index is 14.0. The summed E-state index contributed by atoms with van der Waals surface area (Å²) >= 11 is 0. The number of anilines is 1. The lowest BCUT2D eigenvalue weighted by molar-refractivity contribution is -0.141. The maximum atomic E-state index is 14.0.